The lowest BCUT2D eigenvalue weighted by Crippen LogP contribution is -2.32. The van der Waals surface area contributed by atoms with Crippen molar-refractivity contribution in [2.75, 3.05) is 38.3 Å². The zero-order chi connectivity index (χ0) is 11.2. The molecular formula is C11H19N3OS. The number of hydrogen-bond donors (Lipinski definition) is 0. The average molecular weight is 241 g/mol. The van der Waals surface area contributed by atoms with Crippen LogP contribution in [-0.4, -0.2) is 52.8 Å². The first-order valence-electron chi connectivity index (χ1n) is 5.68. The minimum absolute atomic E-state index is 0.749. The van der Waals surface area contributed by atoms with Gasteiger partial charge in [0.2, 0.25) is 0 Å². The highest BCUT2D eigenvalue weighted by Crippen LogP contribution is 2.12. The molecule has 90 valence electrons. The van der Waals surface area contributed by atoms with Gasteiger partial charge in [-0.25, -0.2) is 4.98 Å². The topological polar surface area (TPSA) is 30.3 Å². The number of imidazole rings is 1. The zero-order valence-electron chi connectivity index (χ0n) is 9.76. The smallest absolute Gasteiger partial charge is 0.0949 e. The van der Waals surface area contributed by atoms with Gasteiger partial charge >= 0.3 is 0 Å². The lowest BCUT2D eigenvalue weighted by molar-refractivity contribution is 0.184. The Morgan fingerprint density at radius 1 is 1.44 bits per heavy atom. The van der Waals surface area contributed by atoms with Crippen LogP contribution in [-0.2, 0) is 17.8 Å². The molecule has 5 heteroatoms. The monoisotopic (exact) mass is 241 g/mol. The number of ether oxygens (including phenoxy) is 1. The van der Waals surface area contributed by atoms with Crippen LogP contribution >= 0.6 is 11.8 Å². The standard InChI is InChI=1S/C11H19N3OS/c1-15-5-2-14-10-12-8-11(14)9-13-3-6-16-7-4-13/h8,10H,2-7,9H2,1H3. The summed E-state index contributed by atoms with van der Waals surface area (Å²) in [5.41, 5.74) is 1.30. The normalized spacial score (nSPS) is 17.8. The molecule has 1 aromatic rings. The molecule has 0 aromatic carbocycles. The van der Waals surface area contributed by atoms with Crippen LogP contribution in [0.1, 0.15) is 5.69 Å². The first-order valence-corrected chi connectivity index (χ1v) is 6.83. The van der Waals surface area contributed by atoms with Crippen LogP contribution in [0.4, 0.5) is 0 Å². The van der Waals surface area contributed by atoms with Crippen molar-refractivity contribution in [1.82, 2.24) is 14.5 Å². The van der Waals surface area contributed by atoms with Crippen molar-refractivity contribution >= 4 is 11.8 Å². The van der Waals surface area contributed by atoms with Crippen molar-refractivity contribution in [1.29, 1.82) is 0 Å². The Kier molecular flexibility index (Phi) is 4.69. The van der Waals surface area contributed by atoms with Gasteiger partial charge in [-0.05, 0) is 0 Å². The lowest BCUT2D eigenvalue weighted by atomic mass is 10.4. The largest absolute Gasteiger partial charge is 0.383 e. The average Bonchev–Trinajstić information content (AvgIpc) is 2.75. The molecule has 1 fully saturated rings. The fraction of sp³-hybridized carbons (Fsp3) is 0.727. The molecule has 4 nitrogen and oxygen atoms in total. The van der Waals surface area contributed by atoms with E-state index in [2.05, 4.69) is 14.5 Å². The highest BCUT2D eigenvalue weighted by Gasteiger charge is 2.12. The minimum atomic E-state index is 0.749. The van der Waals surface area contributed by atoms with Crippen LogP contribution in [0.2, 0.25) is 0 Å². The molecule has 1 aliphatic rings. The van der Waals surface area contributed by atoms with E-state index in [0.717, 1.165) is 19.7 Å². The Bertz CT molecular complexity index is 310. The SMILES string of the molecule is COCCn1cncc1CN1CCSCC1. The van der Waals surface area contributed by atoms with Gasteiger partial charge in [0.25, 0.3) is 0 Å². The van der Waals surface area contributed by atoms with Crippen molar-refractivity contribution in [3.63, 3.8) is 0 Å². The van der Waals surface area contributed by atoms with Crippen molar-refractivity contribution in [2.45, 2.75) is 13.1 Å². The van der Waals surface area contributed by atoms with E-state index in [4.69, 9.17) is 4.74 Å². The molecule has 0 spiro atoms. The molecule has 0 aliphatic carbocycles. The molecule has 1 aliphatic heterocycles. The summed E-state index contributed by atoms with van der Waals surface area (Å²) in [6.45, 7) is 5.05. The lowest BCUT2D eigenvalue weighted by Gasteiger charge is -2.26. The maximum atomic E-state index is 5.09. The number of rotatable bonds is 5. The molecule has 2 rings (SSSR count). The van der Waals surface area contributed by atoms with Gasteiger partial charge in [0.15, 0.2) is 0 Å². The van der Waals surface area contributed by atoms with Crippen LogP contribution in [0.3, 0.4) is 0 Å². The second kappa shape index (κ2) is 6.27. The Morgan fingerprint density at radius 2 is 2.25 bits per heavy atom. The van der Waals surface area contributed by atoms with Crippen LogP contribution in [0, 0.1) is 0 Å². The third-order valence-electron chi connectivity index (χ3n) is 2.82. The van der Waals surface area contributed by atoms with Crippen molar-refractivity contribution in [3.8, 4) is 0 Å². The van der Waals surface area contributed by atoms with Gasteiger partial charge in [-0.1, -0.05) is 0 Å². The third kappa shape index (κ3) is 3.23. The third-order valence-corrected chi connectivity index (χ3v) is 3.77. The molecule has 0 saturated carbocycles. The molecule has 0 atom stereocenters. The summed E-state index contributed by atoms with van der Waals surface area (Å²) in [4.78, 5) is 6.71. The Balaban J connectivity index is 1.89. The summed E-state index contributed by atoms with van der Waals surface area (Å²) in [6, 6.07) is 0. The molecule has 0 amide bonds. The van der Waals surface area contributed by atoms with Gasteiger partial charge in [0, 0.05) is 51.0 Å². The Labute approximate surface area is 101 Å². The maximum absolute atomic E-state index is 5.09. The fourth-order valence-electron chi connectivity index (χ4n) is 1.86. The van der Waals surface area contributed by atoms with Crippen molar-refractivity contribution < 1.29 is 4.74 Å². The van der Waals surface area contributed by atoms with E-state index < -0.39 is 0 Å². The van der Waals surface area contributed by atoms with Gasteiger partial charge in [0.1, 0.15) is 0 Å². The molecule has 0 N–H and O–H groups in total. The highest BCUT2D eigenvalue weighted by molar-refractivity contribution is 7.99. The number of hydrogen-bond acceptors (Lipinski definition) is 4. The summed E-state index contributed by atoms with van der Waals surface area (Å²) in [6.07, 6.45) is 3.87. The fourth-order valence-corrected chi connectivity index (χ4v) is 2.84. The van der Waals surface area contributed by atoms with E-state index in [9.17, 15) is 0 Å². The molecular weight excluding hydrogens is 222 g/mol. The van der Waals surface area contributed by atoms with Gasteiger partial charge in [0.05, 0.1) is 18.6 Å². The van der Waals surface area contributed by atoms with E-state index in [0.29, 0.717) is 0 Å². The second-order valence-electron chi connectivity index (χ2n) is 3.96. The zero-order valence-corrected chi connectivity index (χ0v) is 10.6. The molecule has 1 aromatic heterocycles. The van der Waals surface area contributed by atoms with Crippen LogP contribution in [0.25, 0.3) is 0 Å². The molecule has 1 saturated heterocycles. The summed E-state index contributed by atoms with van der Waals surface area (Å²) >= 11 is 2.05. The maximum Gasteiger partial charge on any atom is 0.0949 e. The molecule has 16 heavy (non-hydrogen) atoms. The number of nitrogens with zero attached hydrogens (tertiary/aromatic N) is 3. The minimum Gasteiger partial charge on any atom is -0.383 e. The van der Waals surface area contributed by atoms with Gasteiger partial charge in [-0.15, -0.1) is 0 Å². The van der Waals surface area contributed by atoms with Gasteiger partial charge < -0.3 is 9.30 Å². The Morgan fingerprint density at radius 3 is 3.00 bits per heavy atom. The van der Waals surface area contributed by atoms with Crippen LogP contribution in [0.15, 0.2) is 12.5 Å². The first kappa shape index (κ1) is 12.0. The quantitative estimate of drug-likeness (QED) is 0.771. The van der Waals surface area contributed by atoms with Gasteiger partial charge in [-0.3, -0.25) is 4.90 Å². The summed E-state index contributed by atoms with van der Waals surface area (Å²) < 4.78 is 7.28. The summed E-state index contributed by atoms with van der Waals surface area (Å²) in [7, 11) is 1.73. The predicted molar refractivity (Wildman–Crippen MR) is 66.7 cm³/mol. The summed E-state index contributed by atoms with van der Waals surface area (Å²) in [5, 5.41) is 0. The second-order valence-corrected chi connectivity index (χ2v) is 5.18. The van der Waals surface area contributed by atoms with E-state index in [1.807, 2.05) is 24.3 Å². The Hall–Kier alpha value is -0.520. The summed E-state index contributed by atoms with van der Waals surface area (Å²) in [5.74, 6) is 2.51. The molecule has 2 heterocycles. The van der Waals surface area contributed by atoms with Crippen LogP contribution in [0.5, 0.6) is 0 Å². The van der Waals surface area contributed by atoms with E-state index in [1.54, 1.807) is 7.11 Å². The number of thioether (sulfide) groups is 1. The van der Waals surface area contributed by atoms with E-state index in [1.165, 1.54) is 30.3 Å². The first-order chi connectivity index (χ1) is 7.90. The highest BCUT2D eigenvalue weighted by atomic mass is 32.2. The van der Waals surface area contributed by atoms with Crippen molar-refractivity contribution in [3.05, 3.63) is 18.2 Å². The number of aromatic nitrogens is 2. The van der Waals surface area contributed by atoms with E-state index in [-0.39, 0.29) is 0 Å². The van der Waals surface area contributed by atoms with Crippen LogP contribution < -0.4 is 0 Å². The predicted octanol–water partition coefficient (Wildman–Crippen LogP) is 1.08. The van der Waals surface area contributed by atoms with Gasteiger partial charge in [-0.2, -0.15) is 11.8 Å². The molecule has 0 unspecified atom stereocenters. The molecule has 0 bridgehead atoms. The van der Waals surface area contributed by atoms with E-state index >= 15 is 0 Å². The van der Waals surface area contributed by atoms with Crippen molar-refractivity contribution in [2.24, 2.45) is 0 Å². The molecule has 0 radical (unpaired) electrons. The number of methoxy groups -OCH3 is 1.